The van der Waals surface area contributed by atoms with Gasteiger partial charge in [0.05, 0.1) is 21.3 Å². The van der Waals surface area contributed by atoms with Gasteiger partial charge in [-0.3, -0.25) is 9.59 Å². The summed E-state index contributed by atoms with van der Waals surface area (Å²) in [5.74, 6) is 2.21. The first-order valence-corrected chi connectivity index (χ1v) is 11.2. The summed E-state index contributed by atoms with van der Waals surface area (Å²) in [5, 5.41) is 2.91. The van der Waals surface area contributed by atoms with Crippen molar-refractivity contribution in [2.75, 3.05) is 26.6 Å². The molecule has 1 N–H and O–H groups in total. The Hall–Kier alpha value is -4.20. The SMILES string of the molecule is COc1ccc(C(=O)Nc2ccc3c(c2)CN(Cc2ccc(OC)cc2OC)C(=O)[C@@H](C)O3)cc1. The minimum absolute atomic E-state index is 0.136. The first-order valence-electron chi connectivity index (χ1n) is 11.2. The zero-order valence-corrected chi connectivity index (χ0v) is 20.2. The summed E-state index contributed by atoms with van der Waals surface area (Å²) in [5.41, 5.74) is 2.76. The van der Waals surface area contributed by atoms with Crippen molar-refractivity contribution in [1.82, 2.24) is 4.90 Å². The zero-order valence-electron chi connectivity index (χ0n) is 20.2. The van der Waals surface area contributed by atoms with E-state index in [9.17, 15) is 9.59 Å². The van der Waals surface area contributed by atoms with E-state index >= 15 is 0 Å². The van der Waals surface area contributed by atoms with Crippen molar-refractivity contribution in [3.63, 3.8) is 0 Å². The smallest absolute Gasteiger partial charge is 0.263 e. The number of nitrogens with one attached hydrogen (secondary N) is 1. The van der Waals surface area contributed by atoms with Gasteiger partial charge in [0.15, 0.2) is 6.10 Å². The number of ether oxygens (including phenoxy) is 4. The van der Waals surface area contributed by atoms with Crippen LogP contribution in [0.1, 0.15) is 28.4 Å². The Morgan fingerprint density at radius 1 is 0.971 bits per heavy atom. The summed E-state index contributed by atoms with van der Waals surface area (Å²) in [6.07, 6.45) is -0.653. The number of anilines is 1. The molecule has 0 saturated heterocycles. The van der Waals surface area contributed by atoms with Crippen molar-refractivity contribution in [2.45, 2.75) is 26.1 Å². The Morgan fingerprint density at radius 2 is 1.69 bits per heavy atom. The van der Waals surface area contributed by atoms with Crippen LogP contribution in [0, 0.1) is 0 Å². The van der Waals surface area contributed by atoms with Gasteiger partial charge >= 0.3 is 0 Å². The Morgan fingerprint density at radius 3 is 2.37 bits per heavy atom. The molecule has 0 aliphatic carbocycles. The maximum Gasteiger partial charge on any atom is 0.263 e. The third-order valence-corrected chi connectivity index (χ3v) is 5.85. The number of amides is 2. The van der Waals surface area contributed by atoms with E-state index in [0.717, 1.165) is 11.1 Å². The molecule has 35 heavy (non-hydrogen) atoms. The molecule has 1 heterocycles. The fourth-order valence-electron chi connectivity index (χ4n) is 3.94. The normalized spacial score (nSPS) is 14.9. The molecule has 0 spiro atoms. The van der Waals surface area contributed by atoms with Gasteiger partial charge in [-0.1, -0.05) is 0 Å². The van der Waals surface area contributed by atoms with E-state index < -0.39 is 6.10 Å². The number of hydrogen-bond acceptors (Lipinski definition) is 6. The van der Waals surface area contributed by atoms with E-state index in [-0.39, 0.29) is 11.8 Å². The first kappa shape index (κ1) is 23.9. The lowest BCUT2D eigenvalue weighted by Gasteiger charge is -2.23. The van der Waals surface area contributed by atoms with Crippen molar-refractivity contribution in [1.29, 1.82) is 0 Å². The van der Waals surface area contributed by atoms with E-state index in [1.54, 1.807) is 75.6 Å². The van der Waals surface area contributed by atoms with E-state index in [1.807, 2.05) is 18.2 Å². The summed E-state index contributed by atoms with van der Waals surface area (Å²) in [6.45, 7) is 2.39. The second-order valence-electron chi connectivity index (χ2n) is 8.14. The quantitative estimate of drug-likeness (QED) is 0.548. The van der Waals surface area contributed by atoms with E-state index in [2.05, 4.69) is 5.32 Å². The van der Waals surface area contributed by atoms with Crippen LogP contribution in [-0.4, -0.2) is 44.1 Å². The Labute approximate surface area is 204 Å². The minimum Gasteiger partial charge on any atom is -0.497 e. The van der Waals surface area contributed by atoms with Crippen molar-refractivity contribution in [3.8, 4) is 23.0 Å². The molecular formula is C27H28N2O6. The average Bonchev–Trinajstić information content (AvgIpc) is 3.00. The van der Waals surface area contributed by atoms with E-state index in [4.69, 9.17) is 18.9 Å². The minimum atomic E-state index is -0.653. The highest BCUT2D eigenvalue weighted by Crippen LogP contribution is 2.32. The molecule has 1 aliphatic heterocycles. The van der Waals surface area contributed by atoms with Gasteiger partial charge in [0.2, 0.25) is 0 Å². The predicted octanol–water partition coefficient (Wildman–Crippen LogP) is 4.27. The maximum atomic E-state index is 13.1. The summed E-state index contributed by atoms with van der Waals surface area (Å²) < 4.78 is 21.9. The molecule has 0 bridgehead atoms. The molecule has 0 saturated carbocycles. The van der Waals surface area contributed by atoms with Gasteiger partial charge in [0.25, 0.3) is 11.8 Å². The molecule has 182 valence electrons. The fourth-order valence-corrected chi connectivity index (χ4v) is 3.94. The summed E-state index contributed by atoms with van der Waals surface area (Å²) >= 11 is 0. The molecule has 1 atom stereocenters. The van der Waals surface area contributed by atoms with Gasteiger partial charge in [-0.15, -0.1) is 0 Å². The van der Waals surface area contributed by atoms with Gasteiger partial charge in [-0.25, -0.2) is 0 Å². The highest BCUT2D eigenvalue weighted by Gasteiger charge is 2.29. The highest BCUT2D eigenvalue weighted by molar-refractivity contribution is 6.04. The lowest BCUT2D eigenvalue weighted by atomic mass is 10.1. The van der Waals surface area contributed by atoms with Crippen LogP contribution in [0.5, 0.6) is 23.0 Å². The lowest BCUT2D eigenvalue weighted by molar-refractivity contribution is -0.138. The second-order valence-corrected chi connectivity index (χ2v) is 8.14. The predicted molar refractivity (Wildman–Crippen MR) is 131 cm³/mol. The number of methoxy groups -OCH3 is 3. The summed E-state index contributed by atoms with van der Waals surface area (Å²) in [4.78, 5) is 27.5. The number of carbonyl (C=O) groups is 2. The molecule has 4 rings (SSSR count). The molecule has 0 unspecified atom stereocenters. The Bertz CT molecular complexity index is 1220. The monoisotopic (exact) mass is 476 g/mol. The maximum absolute atomic E-state index is 13.1. The third-order valence-electron chi connectivity index (χ3n) is 5.85. The topological polar surface area (TPSA) is 86.3 Å². The van der Waals surface area contributed by atoms with Crippen molar-refractivity contribution >= 4 is 17.5 Å². The van der Waals surface area contributed by atoms with Crippen LogP contribution in [0.3, 0.4) is 0 Å². The van der Waals surface area contributed by atoms with Crippen LogP contribution < -0.4 is 24.3 Å². The standard InChI is InChI=1S/C27H28N2O6/c1-17-27(31)29(15-19-7-11-23(33-3)14-25(19)34-4)16-20-13-21(8-12-24(20)35-17)28-26(30)18-5-9-22(32-2)10-6-18/h5-14,17H,15-16H2,1-4H3,(H,28,30)/t17-/m1/s1. The Kier molecular flexibility index (Phi) is 7.10. The molecule has 8 nitrogen and oxygen atoms in total. The molecule has 2 amide bonds. The third kappa shape index (κ3) is 5.32. The number of nitrogens with zero attached hydrogens (tertiary/aromatic N) is 1. The average molecular weight is 477 g/mol. The van der Waals surface area contributed by atoms with Gasteiger partial charge in [-0.2, -0.15) is 0 Å². The molecule has 3 aromatic carbocycles. The van der Waals surface area contributed by atoms with Gasteiger partial charge in [0.1, 0.15) is 23.0 Å². The molecular weight excluding hydrogens is 448 g/mol. The van der Waals surface area contributed by atoms with Crippen molar-refractivity contribution in [2.24, 2.45) is 0 Å². The van der Waals surface area contributed by atoms with Crippen LogP contribution in [0.4, 0.5) is 5.69 Å². The van der Waals surface area contributed by atoms with Crippen molar-refractivity contribution < 1.29 is 28.5 Å². The van der Waals surface area contributed by atoms with Gasteiger partial charge in [-0.05, 0) is 61.5 Å². The first-order chi connectivity index (χ1) is 16.9. The molecule has 3 aromatic rings. The molecule has 0 aromatic heterocycles. The van der Waals surface area contributed by atoms with Crippen LogP contribution in [0.15, 0.2) is 60.7 Å². The van der Waals surface area contributed by atoms with Crippen molar-refractivity contribution in [3.05, 3.63) is 77.4 Å². The van der Waals surface area contributed by atoms with Gasteiger partial charge in [0, 0.05) is 41.5 Å². The van der Waals surface area contributed by atoms with E-state index in [1.165, 1.54) is 0 Å². The molecule has 0 fully saturated rings. The molecule has 0 radical (unpaired) electrons. The largest absolute Gasteiger partial charge is 0.497 e. The van der Waals surface area contributed by atoms with Gasteiger partial charge < -0.3 is 29.2 Å². The van der Waals surface area contributed by atoms with E-state index in [0.29, 0.717) is 47.3 Å². The number of rotatable bonds is 7. The number of carbonyl (C=O) groups excluding carboxylic acids is 2. The zero-order chi connectivity index (χ0) is 24.9. The lowest BCUT2D eigenvalue weighted by Crippen LogP contribution is -2.37. The number of fused-ring (bicyclic) bond motifs is 1. The number of benzene rings is 3. The van der Waals surface area contributed by atoms with Crippen LogP contribution in [0.25, 0.3) is 0 Å². The molecule has 8 heteroatoms. The van der Waals surface area contributed by atoms with Crippen LogP contribution in [0.2, 0.25) is 0 Å². The highest BCUT2D eigenvalue weighted by atomic mass is 16.5. The summed E-state index contributed by atoms with van der Waals surface area (Å²) in [7, 11) is 4.75. The molecule has 1 aliphatic rings. The Balaban J connectivity index is 1.56. The summed E-state index contributed by atoms with van der Waals surface area (Å²) in [6, 6.07) is 17.7. The second kappa shape index (κ2) is 10.4. The fraction of sp³-hybridized carbons (Fsp3) is 0.259. The van der Waals surface area contributed by atoms with Crippen LogP contribution in [-0.2, 0) is 17.9 Å². The van der Waals surface area contributed by atoms with Crippen LogP contribution >= 0.6 is 0 Å². The number of hydrogen-bond donors (Lipinski definition) is 1.